The van der Waals surface area contributed by atoms with Crippen LogP contribution >= 0.6 is 0 Å². The van der Waals surface area contributed by atoms with Crippen LogP contribution in [0.25, 0.3) is 66.4 Å². The third-order valence-electron chi connectivity index (χ3n) is 14.4. The average Bonchev–Trinajstić information content (AvgIpc) is 3.31. The van der Waals surface area contributed by atoms with Crippen molar-refractivity contribution in [3.63, 3.8) is 0 Å². The van der Waals surface area contributed by atoms with Crippen LogP contribution in [0.5, 0.6) is 40.2 Å². The third kappa shape index (κ3) is 12.2. The number of ether oxygens (including phenoxy) is 1. The number of aryl methyl sites for hydroxylation is 2. The van der Waals surface area contributed by atoms with Gasteiger partial charge in [0, 0.05) is 29.8 Å². The van der Waals surface area contributed by atoms with E-state index in [1.54, 1.807) is 12.1 Å². The van der Waals surface area contributed by atoms with Crippen molar-refractivity contribution in [3.8, 4) is 51.8 Å². The molecule has 16 N–H and O–H groups in total. The van der Waals surface area contributed by atoms with E-state index in [-0.39, 0.29) is 79.4 Å². The summed E-state index contributed by atoms with van der Waals surface area (Å²) < 4.78 is 18.0. The summed E-state index contributed by atoms with van der Waals surface area (Å²) in [5.74, 6) is -3.10. The zero-order valence-electron chi connectivity index (χ0n) is 46.3. The SMILES string of the molecule is CC(C)=CCc1c(O)cc2oc3cc(O)cc(CC=C(C)C)c3c(=O)c2c1O.Cc1cc2nc3c(=O)[nH]c(=O)nc-3n(C[C@H](O)[C@H](O)[C@H](O)CO)c2cc1C.O=c1c2cc(O)c(O)cc2oc2cc(O)c([C@@H]3OC(CO)[C@@H](O)[C@H](O)C3O)c(O)c12. The number of phenolic OH excluding ortho intramolecular Hbond substituents is 7. The van der Waals surface area contributed by atoms with Crippen LogP contribution in [0.1, 0.15) is 61.6 Å². The molecule has 0 bridgehead atoms. The number of benzene rings is 5. The Morgan fingerprint density at radius 3 is 1.88 bits per heavy atom. The van der Waals surface area contributed by atoms with Gasteiger partial charge in [0.2, 0.25) is 10.9 Å². The summed E-state index contributed by atoms with van der Waals surface area (Å²) in [6.45, 7) is 9.73. The fourth-order valence-electron chi connectivity index (χ4n) is 9.73. The fraction of sp³-hybridized carbons (Fsp3) is 0.322. The van der Waals surface area contributed by atoms with Crippen molar-refractivity contribution in [3.05, 3.63) is 141 Å². The molecule has 3 aliphatic heterocycles. The van der Waals surface area contributed by atoms with Gasteiger partial charge in [-0.2, -0.15) is 4.98 Å². The highest BCUT2D eigenvalue weighted by atomic mass is 16.5. The van der Waals surface area contributed by atoms with Gasteiger partial charge in [-0.15, -0.1) is 0 Å². The van der Waals surface area contributed by atoms with Crippen molar-refractivity contribution in [2.45, 2.75) is 110 Å². The van der Waals surface area contributed by atoms with Gasteiger partial charge in [-0.05, 0) is 95.3 Å². The zero-order chi connectivity index (χ0) is 62.4. The molecule has 10 rings (SSSR count). The third-order valence-corrected chi connectivity index (χ3v) is 14.4. The van der Waals surface area contributed by atoms with Gasteiger partial charge in [-0.3, -0.25) is 19.4 Å². The van der Waals surface area contributed by atoms with E-state index in [0.29, 0.717) is 34.8 Å². The van der Waals surface area contributed by atoms with Crippen molar-refractivity contribution in [2.75, 3.05) is 13.2 Å². The van der Waals surface area contributed by atoms with Gasteiger partial charge in [0.05, 0.1) is 47.1 Å². The van der Waals surface area contributed by atoms with E-state index in [1.165, 1.54) is 22.8 Å². The number of fused-ring (bicyclic) bond motifs is 6. The molecule has 26 heteroatoms. The Kier molecular flexibility index (Phi) is 18.0. The summed E-state index contributed by atoms with van der Waals surface area (Å²) >= 11 is 0. The molecule has 8 atom stereocenters. The minimum atomic E-state index is -1.81. The molecule has 3 aliphatic rings. The summed E-state index contributed by atoms with van der Waals surface area (Å²) in [5.41, 5.74) is 2.36. The van der Waals surface area contributed by atoms with Crippen LogP contribution in [0.2, 0.25) is 0 Å². The van der Waals surface area contributed by atoms with Crippen molar-refractivity contribution < 1.29 is 90.2 Å². The normalized spacial score (nSPS) is 18.0. The van der Waals surface area contributed by atoms with E-state index in [2.05, 4.69) is 15.0 Å². The number of aromatic nitrogens is 4. The molecular weight excluding hydrogens is 1120 g/mol. The molecule has 0 amide bonds. The number of phenols is 7. The molecule has 26 nitrogen and oxygen atoms in total. The maximum Gasteiger partial charge on any atom is 0.349 e. The lowest BCUT2D eigenvalue weighted by atomic mass is 9.89. The highest BCUT2D eigenvalue weighted by molar-refractivity contribution is 5.98. The summed E-state index contributed by atoms with van der Waals surface area (Å²) in [7, 11) is 0. The van der Waals surface area contributed by atoms with Gasteiger partial charge in [-0.1, -0.05) is 23.3 Å². The first kappa shape index (κ1) is 62.1. The van der Waals surface area contributed by atoms with Gasteiger partial charge >= 0.3 is 5.69 Å². The average molecular weight is 1180 g/mol. The van der Waals surface area contributed by atoms with Crippen LogP contribution in [-0.2, 0) is 24.1 Å². The smallest absolute Gasteiger partial charge is 0.349 e. The highest BCUT2D eigenvalue weighted by Gasteiger charge is 2.46. The number of aliphatic hydroxyl groups excluding tert-OH is 8. The minimum Gasteiger partial charge on any atom is -0.508 e. The maximum atomic E-state index is 13.3. The van der Waals surface area contributed by atoms with Gasteiger partial charge < -0.3 is 94.7 Å². The van der Waals surface area contributed by atoms with Crippen LogP contribution in [0, 0.1) is 13.8 Å². The van der Waals surface area contributed by atoms with E-state index in [0.717, 1.165) is 40.5 Å². The van der Waals surface area contributed by atoms with Gasteiger partial charge in [0.15, 0.2) is 23.0 Å². The number of H-pyrrole nitrogens is 1. The molecule has 0 aliphatic carbocycles. The Morgan fingerprint density at radius 1 is 0.647 bits per heavy atom. The van der Waals surface area contributed by atoms with Crippen molar-refractivity contribution >= 4 is 54.9 Å². The Labute approximate surface area is 478 Å². The number of nitrogens with zero attached hydrogens (tertiary/aromatic N) is 3. The Morgan fingerprint density at radius 2 is 1.24 bits per heavy atom. The van der Waals surface area contributed by atoms with Crippen LogP contribution < -0.4 is 22.1 Å². The van der Waals surface area contributed by atoms with Gasteiger partial charge in [0.1, 0.15) is 111 Å². The van der Waals surface area contributed by atoms with Gasteiger partial charge in [0.25, 0.3) is 5.56 Å². The second-order valence-corrected chi connectivity index (χ2v) is 21.0. The topological polar surface area (TPSA) is 454 Å². The summed E-state index contributed by atoms with van der Waals surface area (Å²) in [4.78, 5) is 60.2. The number of aromatic hydroxyl groups is 7. The molecule has 2 unspecified atom stereocenters. The molecule has 0 spiro atoms. The number of hydrogen-bond acceptors (Lipinski definition) is 24. The first-order chi connectivity index (χ1) is 40.1. The molecule has 2 aromatic heterocycles. The number of allylic oxidation sites excluding steroid dienone is 4. The lowest BCUT2D eigenvalue weighted by Gasteiger charge is -2.40. The summed E-state index contributed by atoms with van der Waals surface area (Å²) in [6, 6.07) is 10.7. The highest BCUT2D eigenvalue weighted by Crippen LogP contribution is 2.45. The van der Waals surface area contributed by atoms with Crippen LogP contribution in [0.3, 0.4) is 0 Å². The predicted molar refractivity (Wildman–Crippen MR) is 306 cm³/mol. The lowest BCUT2D eigenvalue weighted by Crippen LogP contribution is -2.55. The standard InChI is InChI=1S/C23H24O5.C19H18O11.C17H20N4O6/c1-12(2)5-7-14-9-15(24)10-18-20(14)23(27)21-19(28-18)11-17(25)16(22(21)26)8-6-13(3)4;20-4-11-15(25)17(27)18(28)19(30-11)12-8(23)3-10-13(16(12)26)14(24)5-1-6(21)7(22)2-9(5)29-10;1-7-3-9-10(4-8(7)2)21(5-11(23)14(25)12(24)6-22)15-13(18-9)16(26)20-17(27)19-15/h5-6,9-11,24-26H,7-8H2,1-4H3;1-3,11,15,17-23,25-28H,4H2;3-4,11-12,14,22-25H,5-6H2,1-2H3,(H,20,26,27)/t;11?,15-,17+,18?,19+;11-,12+,14-/m.10/s1. The van der Waals surface area contributed by atoms with E-state index in [4.69, 9.17) is 18.7 Å². The Balaban J connectivity index is 0.000000166. The molecule has 85 heavy (non-hydrogen) atoms. The second-order valence-electron chi connectivity index (χ2n) is 21.0. The molecular formula is C59H62N4O22. The monoisotopic (exact) mass is 1180 g/mol. The molecule has 7 aromatic rings. The van der Waals surface area contributed by atoms with Crippen molar-refractivity contribution in [2.24, 2.45) is 0 Å². The molecule has 1 fully saturated rings. The fourth-order valence-corrected chi connectivity index (χ4v) is 9.73. The van der Waals surface area contributed by atoms with Gasteiger partial charge in [-0.25, -0.2) is 9.78 Å². The number of hydrogen-bond donors (Lipinski definition) is 16. The summed E-state index contributed by atoms with van der Waals surface area (Å²) in [5, 5.41) is 150. The van der Waals surface area contributed by atoms with Crippen molar-refractivity contribution in [1.29, 1.82) is 0 Å². The molecule has 5 aromatic carbocycles. The summed E-state index contributed by atoms with van der Waals surface area (Å²) in [6.07, 6.45) is -8.27. The Hall–Kier alpha value is -8.96. The maximum absolute atomic E-state index is 13.3. The predicted octanol–water partition coefficient (Wildman–Crippen LogP) is 2.64. The molecule has 0 radical (unpaired) electrons. The second kappa shape index (κ2) is 24.7. The lowest BCUT2D eigenvalue weighted by molar-refractivity contribution is -0.232. The van der Waals surface area contributed by atoms with E-state index < -0.39 is 113 Å². The first-order valence-corrected chi connectivity index (χ1v) is 26.2. The van der Waals surface area contributed by atoms with E-state index in [9.17, 15) is 90.7 Å². The quantitative estimate of drug-likeness (QED) is 0.0503. The molecule has 450 valence electrons. The number of aliphatic hydroxyl groups is 8. The van der Waals surface area contributed by atoms with Crippen LogP contribution in [0.4, 0.5) is 0 Å². The van der Waals surface area contributed by atoms with Crippen LogP contribution in [-0.4, -0.2) is 152 Å². The zero-order valence-corrected chi connectivity index (χ0v) is 46.3. The number of aromatic amines is 1. The van der Waals surface area contributed by atoms with E-state index >= 15 is 0 Å². The van der Waals surface area contributed by atoms with E-state index in [1.807, 2.05) is 53.7 Å². The molecule has 5 heterocycles. The Bertz CT molecular complexity index is 4350. The number of nitrogens with one attached hydrogen (secondary N) is 1. The van der Waals surface area contributed by atoms with Crippen LogP contribution in [0.15, 0.2) is 99.8 Å². The molecule has 0 saturated carbocycles. The van der Waals surface area contributed by atoms with Crippen molar-refractivity contribution in [1.82, 2.24) is 19.5 Å². The number of rotatable bonds is 11. The molecule has 1 saturated heterocycles. The largest absolute Gasteiger partial charge is 0.508 e. The first-order valence-electron chi connectivity index (χ1n) is 26.2. The minimum absolute atomic E-state index is 0.0132.